The third-order valence-electron chi connectivity index (χ3n) is 4.55. The highest BCUT2D eigenvalue weighted by molar-refractivity contribution is 5.94. The molecule has 3 rings (SSSR count). The van der Waals surface area contributed by atoms with Crippen molar-refractivity contribution in [1.29, 1.82) is 0 Å². The average molecular weight is 334 g/mol. The van der Waals surface area contributed by atoms with Gasteiger partial charge in [-0.25, -0.2) is 4.79 Å². The number of phenols is 1. The van der Waals surface area contributed by atoms with Crippen LogP contribution in [0.15, 0.2) is 18.2 Å². The monoisotopic (exact) mass is 334 g/mol. The highest BCUT2D eigenvalue weighted by atomic mass is 16.5. The topological polar surface area (TPSA) is 93.1 Å². The molecule has 0 radical (unpaired) electrons. The molecule has 1 fully saturated rings. The number of cyclic esters (lactones) is 1. The molecule has 1 aromatic carbocycles. The maximum atomic E-state index is 12.5. The first-order valence-corrected chi connectivity index (χ1v) is 8.27. The molecule has 2 N–H and O–H groups in total. The molecule has 3 unspecified atom stereocenters. The van der Waals surface area contributed by atoms with E-state index in [0.29, 0.717) is 31.2 Å². The van der Waals surface area contributed by atoms with E-state index in [2.05, 4.69) is 0 Å². The molecular weight excluding hydrogens is 312 g/mol. The smallest absolute Gasteiger partial charge is 0.342 e. The van der Waals surface area contributed by atoms with Crippen LogP contribution < -0.4 is 0 Å². The molecule has 0 amide bonds. The Morgan fingerprint density at radius 2 is 2.00 bits per heavy atom. The highest BCUT2D eigenvalue weighted by Crippen LogP contribution is 2.32. The number of esters is 1. The number of carbonyl (C=O) groups excluding carboxylic acids is 2. The molecular formula is C18H22O6. The molecule has 4 atom stereocenters. The van der Waals surface area contributed by atoms with Crippen molar-refractivity contribution in [3.8, 4) is 5.75 Å². The van der Waals surface area contributed by atoms with Crippen LogP contribution in [0.1, 0.15) is 48.5 Å². The fourth-order valence-corrected chi connectivity index (χ4v) is 3.60. The van der Waals surface area contributed by atoms with Crippen molar-refractivity contribution in [2.45, 2.75) is 63.4 Å². The van der Waals surface area contributed by atoms with Gasteiger partial charge >= 0.3 is 5.97 Å². The lowest BCUT2D eigenvalue weighted by Crippen LogP contribution is -2.40. The van der Waals surface area contributed by atoms with Crippen LogP contribution in [0.3, 0.4) is 0 Å². The number of fused-ring (bicyclic) bond motifs is 3. The summed E-state index contributed by atoms with van der Waals surface area (Å²) in [4.78, 5) is 24.0. The Morgan fingerprint density at radius 3 is 2.75 bits per heavy atom. The maximum Gasteiger partial charge on any atom is 0.342 e. The van der Waals surface area contributed by atoms with Gasteiger partial charge < -0.3 is 19.7 Å². The second kappa shape index (κ2) is 6.91. The number of ketones is 1. The van der Waals surface area contributed by atoms with Gasteiger partial charge in [-0.2, -0.15) is 0 Å². The number of ether oxygens (including phenoxy) is 2. The predicted molar refractivity (Wildman–Crippen MR) is 84.8 cm³/mol. The summed E-state index contributed by atoms with van der Waals surface area (Å²) in [6.07, 6.45) is 0.228. The molecule has 24 heavy (non-hydrogen) atoms. The van der Waals surface area contributed by atoms with Crippen LogP contribution in [0.4, 0.5) is 0 Å². The minimum atomic E-state index is -0.628. The number of phenolic OH excluding ortho intramolecular Hbond substituents is 1. The molecule has 130 valence electrons. The van der Waals surface area contributed by atoms with Gasteiger partial charge in [-0.05, 0) is 37.8 Å². The van der Waals surface area contributed by atoms with E-state index in [4.69, 9.17) is 9.47 Å². The summed E-state index contributed by atoms with van der Waals surface area (Å²) in [5, 5.41) is 20.2. The van der Waals surface area contributed by atoms with Gasteiger partial charge in [0.2, 0.25) is 0 Å². The average Bonchev–Trinajstić information content (AvgIpc) is 2.44. The Kier molecular flexibility index (Phi) is 4.87. The third kappa shape index (κ3) is 3.76. The standard InChI is InChI=1S/C18H22O6/c1-10(19)5-13-9-15-8-12(20)7-14(23-15)6-11-3-2-4-16(21)17(11)18(22)24-13/h2-4,12-15,20-21H,5-9H2,1H3/t12?,13?,14?,15-/m1/s1. The van der Waals surface area contributed by atoms with Crippen LogP contribution >= 0.6 is 0 Å². The fraction of sp³-hybridized carbons (Fsp3) is 0.556. The van der Waals surface area contributed by atoms with E-state index in [9.17, 15) is 19.8 Å². The molecule has 2 aliphatic heterocycles. The number of hydrogen-bond donors (Lipinski definition) is 2. The van der Waals surface area contributed by atoms with Crippen molar-refractivity contribution < 1.29 is 29.3 Å². The SMILES string of the molecule is CC(=O)CC1C[C@H]2CC(O)CC(Cc3cccc(O)c3C(=O)O1)O2. The Hall–Kier alpha value is -1.92. The largest absolute Gasteiger partial charge is 0.507 e. The van der Waals surface area contributed by atoms with Crippen molar-refractivity contribution >= 4 is 11.8 Å². The van der Waals surface area contributed by atoms with Gasteiger partial charge in [-0.3, -0.25) is 4.79 Å². The summed E-state index contributed by atoms with van der Waals surface area (Å²) < 4.78 is 11.5. The van der Waals surface area contributed by atoms with Crippen molar-refractivity contribution in [2.75, 3.05) is 0 Å². The summed E-state index contributed by atoms with van der Waals surface area (Å²) in [6, 6.07) is 4.85. The molecule has 6 heteroatoms. The number of rotatable bonds is 2. The van der Waals surface area contributed by atoms with Gasteiger partial charge in [0.1, 0.15) is 23.2 Å². The third-order valence-corrected chi connectivity index (χ3v) is 4.55. The zero-order valence-corrected chi connectivity index (χ0v) is 13.6. The summed E-state index contributed by atoms with van der Waals surface area (Å²) in [5.74, 6) is -0.849. The molecule has 0 spiro atoms. The van der Waals surface area contributed by atoms with Gasteiger partial charge in [-0.15, -0.1) is 0 Å². The van der Waals surface area contributed by atoms with Crippen molar-refractivity contribution in [2.24, 2.45) is 0 Å². The van der Waals surface area contributed by atoms with Crippen LogP contribution in [0.5, 0.6) is 5.75 Å². The fourth-order valence-electron chi connectivity index (χ4n) is 3.60. The van der Waals surface area contributed by atoms with Crippen LogP contribution in [-0.4, -0.2) is 46.4 Å². The second-order valence-corrected chi connectivity index (χ2v) is 6.69. The van der Waals surface area contributed by atoms with Gasteiger partial charge in [-0.1, -0.05) is 12.1 Å². The van der Waals surface area contributed by atoms with E-state index < -0.39 is 18.2 Å². The number of aliphatic hydroxyl groups excluding tert-OH is 1. The minimum absolute atomic E-state index is 0.0877. The zero-order valence-electron chi connectivity index (χ0n) is 13.6. The van der Waals surface area contributed by atoms with E-state index in [-0.39, 0.29) is 35.7 Å². The molecule has 1 aromatic rings. The number of aliphatic hydroxyl groups is 1. The van der Waals surface area contributed by atoms with Gasteiger partial charge in [0.15, 0.2) is 0 Å². The van der Waals surface area contributed by atoms with Crippen LogP contribution in [0.2, 0.25) is 0 Å². The maximum absolute atomic E-state index is 12.5. The van der Waals surface area contributed by atoms with Crippen LogP contribution in [0, 0.1) is 0 Å². The molecule has 2 bridgehead atoms. The Bertz CT molecular complexity index is 640. The number of Topliss-reactive ketones (excluding diaryl/α,β-unsaturated/α-hetero) is 1. The normalized spacial score (nSPS) is 30.2. The lowest BCUT2D eigenvalue weighted by Gasteiger charge is -2.36. The van der Waals surface area contributed by atoms with Gasteiger partial charge in [0, 0.05) is 12.8 Å². The first kappa shape index (κ1) is 16.9. The molecule has 0 saturated carbocycles. The predicted octanol–water partition coefficient (Wildman–Crippen LogP) is 1.75. The quantitative estimate of drug-likeness (QED) is 0.801. The number of aromatic hydroxyl groups is 1. The van der Waals surface area contributed by atoms with Gasteiger partial charge in [0.25, 0.3) is 0 Å². The van der Waals surface area contributed by atoms with Crippen molar-refractivity contribution in [3.05, 3.63) is 29.3 Å². The molecule has 0 aromatic heterocycles. The summed E-state index contributed by atoms with van der Waals surface area (Å²) in [6.45, 7) is 1.44. The van der Waals surface area contributed by atoms with Gasteiger partial charge in [0.05, 0.1) is 18.3 Å². The highest BCUT2D eigenvalue weighted by Gasteiger charge is 2.34. The van der Waals surface area contributed by atoms with Crippen molar-refractivity contribution in [3.63, 3.8) is 0 Å². The molecule has 2 heterocycles. The van der Waals surface area contributed by atoms with E-state index in [0.717, 1.165) is 0 Å². The Labute approximate surface area is 140 Å². The lowest BCUT2D eigenvalue weighted by atomic mass is 9.91. The molecule has 0 aliphatic carbocycles. The van der Waals surface area contributed by atoms with Crippen LogP contribution in [-0.2, 0) is 20.7 Å². The summed E-state index contributed by atoms with van der Waals surface area (Å²) in [7, 11) is 0. The Morgan fingerprint density at radius 1 is 1.25 bits per heavy atom. The first-order valence-electron chi connectivity index (χ1n) is 8.27. The zero-order chi connectivity index (χ0) is 17.3. The number of carbonyl (C=O) groups is 2. The van der Waals surface area contributed by atoms with E-state index in [1.54, 1.807) is 12.1 Å². The lowest BCUT2D eigenvalue weighted by molar-refractivity contribution is -0.123. The van der Waals surface area contributed by atoms with E-state index in [1.165, 1.54) is 13.0 Å². The van der Waals surface area contributed by atoms with E-state index >= 15 is 0 Å². The van der Waals surface area contributed by atoms with Crippen LogP contribution in [0.25, 0.3) is 0 Å². The van der Waals surface area contributed by atoms with Crippen molar-refractivity contribution in [1.82, 2.24) is 0 Å². The Balaban J connectivity index is 1.97. The summed E-state index contributed by atoms with van der Waals surface area (Å²) >= 11 is 0. The first-order chi connectivity index (χ1) is 11.4. The molecule has 2 aliphatic rings. The molecule has 1 saturated heterocycles. The van der Waals surface area contributed by atoms with E-state index in [1.807, 2.05) is 0 Å². The number of benzene rings is 1. The minimum Gasteiger partial charge on any atom is -0.507 e. The molecule has 6 nitrogen and oxygen atoms in total. The number of hydrogen-bond acceptors (Lipinski definition) is 6. The second-order valence-electron chi connectivity index (χ2n) is 6.69. The summed E-state index contributed by atoms with van der Waals surface area (Å²) in [5.41, 5.74) is 0.745.